The van der Waals surface area contributed by atoms with Crippen molar-refractivity contribution in [2.45, 2.75) is 29.2 Å². The van der Waals surface area contributed by atoms with Crippen molar-refractivity contribution in [3.8, 4) is 11.3 Å². The minimum atomic E-state index is -0.403. The molecule has 1 saturated heterocycles. The standard InChI is InChI=1S/C36H26Cl2N2O4S2/c37-19-10-12-20(13-11-19)40-33(41)28-22-16-23(29(28)34(40)42)31-27(22)30(26-15-14-25(44-26)21-8-4-5-9-24(21)38)32-35(45-31)39(36(43)46-32)17-18-6-2-1-3-7-18/h1-15,22-23,27-31H,16-17H2/t22-,23-,27-,28+,29-,30-,31+/m1/s1. The maximum atomic E-state index is 14.1. The summed E-state index contributed by atoms with van der Waals surface area (Å²) in [6, 6.07) is 28.4. The maximum Gasteiger partial charge on any atom is 0.308 e. The number of rotatable bonds is 5. The molecule has 230 valence electrons. The fraction of sp³-hybridized carbons (Fsp3) is 0.250. The molecule has 0 radical (unpaired) electrons. The van der Waals surface area contributed by atoms with Gasteiger partial charge in [0, 0.05) is 15.8 Å². The van der Waals surface area contributed by atoms with Gasteiger partial charge in [-0.25, -0.2) is 0 Å². The van der Waals surface area contributed by atoms with Gasteiger partial charge in [-0.1, -0.05) is 77.0 Å². The number of carbonyl (C=O) groups is 2. The predicted octanol–water partition coefficient (Wildman–Crippen LogP) is 8.20. The van der Waals surface area contributed by atoms with Crippen molar-refractivity contribution in [2.75, 3.05) is 4.90 Å². The number of thioether (sulfide) groups is 1. The molecule has 2 aliphatic heterocycles. The van der Waals surface area contributed by atoms with E-state index < -0.39 is 5.92 Å². The normalized spacial score (nSPS) is 27.6. The van der Waals surface area contributed by atoms with Gasteiger partial charge in [0.15, 0.2) is 0 Å². The van der Waals surface area contributed by atoms with Gasteiger partial charge >= 0.3 is 4.87 Å². The molecule has 4 aliphatic rings. The molecule has 2 aliphatic carbocycles. The van der Waals surface area contributed by atoms with Crippen molar-refractivity contribution < 1.29 is 14.0 Å². The van der Waals surface area contributed by atoms with Crippen LogP contribution in [0, 0.1) is 29.6 Å². The Morgan fingerprint density at radius 2 is 1.52 bits per heavy atom. The van der Waals surface area contributed by atoms with Gasteiger partial charge in [-0.2, -0.15) is 0 Å². The fourth-order valence-corrected chi connectivity index (χ4v) is 12.0. The van der Waals surface area contributed by atoms with E-state index in [-0.39, 0.29) is 51.5 Å². The smallest absolute Gasteiger partial charge is 0.308 e. The number of imide groups is 1. The number of hydrogen-bond donors (Lipinski definition) is 0. The van der Waals surface area contributed by atoms with Crippen LogP contribution in [-0.4, -0.2) is 21.6 Å². The third-order valence-corrected chi connectivity index (χ3v) is 13.7. The Morgan fingerprint density at radius 1 is 0.804 bits per heavy atom. The third-order valence-electron chi connectivity index (χ3n) is 10.3. The van der Waals surface area contributed by atoms with Gasteiger partial charge in [0.25, 0.3) is 0 Å². The molecule has 0 unspecified atom stereocenters. The molecule has 4 heterocycles. The van der Waals surface area contributed by atoms with Crippen LogP contribution in [0.3, 0.4) is 0 Å². The van der Waals surface area contributed by atoms with Crippen LogP contribution in [-0.2, 0) is 16.1 Å². The van der Waals surface area contributed by atoms with Crippen LogP contribution >= 0.6 is 46.3 Å². The zero-order chi connectivity index (χ0) is 31.3. The number of benzene rings is 3. The molecule has 10 heteroatoms. The number of hydrogen-bond acceptors (Lipinski definition) is 6. The van der Waals surface area contributed by atoms with Gasteiger partial charge in [-0.05, 0) is 78.3 Å². The number of nitrogens with zero attached hydrogens (tertiary/aromatic N) is 2. The molecule has 2 amide bonds. The first-order valence-corrected chi connectivity index (χ1v) is 17.8. The molecule has 46 heavy (non-hydrogen) atoms. The fourth-order valence-electron chi connectivity index (χ4n) is 8.51. The Labute approximate surface area is 282 Å². The quantitative estimate of drug-likeness (QED) is 0.175. The van der Waals surface area contributed by atoms with E-state index in [0.717, 1.165) is 33.2 Å². The summed E-state index contributed by atoms with van der Waals surface area (Å²) in [7, 11) is 0. The minimum absolute atomic E-state index is 0.00702. The van der Waals surface area contributed by atoms with Crippen molar-refractivity contribution in [1.29, 1.82) is 0 Å². The summed E-state index contributed by atoms with van der Waals surface area (Å²) in [6.07, 6.45) is 0.802. The second kappa shape index (κ2) is 10.7. The molecule has 6 nitrogen and oxygen atoms in total. The van der Waals surface area contributed by atoms with Crippen molar-refractivity contribution in [2.24, 2.45) is 29.6 Å². The van der Waals surface area contributed by atoms with E-state index in [1.165, 1.54) is 16.2 Å². The lowest BCUT2D eigenvalue weighted by atomic mass is 9.69. The second-order valence-electron chi connectivity index (χ2n) is 12.5. The Hall–Kier alpha value is -3.56. The highest BCUT2D eigenvalue weighted by Gasteiger charge is 2.70. The Balaban J connectivity index is 1.16. The molecular formula is C36H26Cl2N2O4S2. The van der Waals surface area contributed by atoms with Gasteiger partial charge in [0.1, 0.15) is 11.5 Å². The monoisotopic (exact) mass is 684 g/mol. The van der Waals surface area contributed by atoms with Crippen LogP contribution in [0.4, 0.5) is 5.69 Å². The summed E-state index contributed by atoms with van der Waals surface area (Å²) in [4.78, 5) is 44.1. The van der Waals surface area contributed by atoms with Crippen LogP contribution in [0.5, 0.6) is 0 Å². The van der Waals surface area contributed by atoms with Crippen molar-refractivity contribution in [1.82, 2.24) is 4.57 Å². The summed E-state index contributed by atoms with van der Waals surface area (Å²) in [5.41, 5.74) is 2.41. The highest BCUT2D eigenvalue weighted by atomic mass is 35.5. The number of amides is 2. The van der Waals surface area contributed by atoms with Crippen LogP contribution in [0.2, 0.25) is 10.0 Å². The van der Waals surface area contributed by atoms with Gasteiger partial charge < -0.3 is 4.42 Å². The van der Waals surface area contributed by atoms with E-state index in [2.05, 4.69) is 0 Å². The lowest BCUT2D eigenvalue weighted by Gasteiger charge is -2.42. The molecule has 5 aromatic rings. The maximum absolute atomic E-state index is 14.1. The van der Waals surface area contributed by atoms with Gasteiger partial charge in [0.05, 0.1) is 44.9 Å². The molecule has 7 atom stereocenters. The SMILES string of the molecule is O=C1[C@@H]2[C@H]3C[C@@H]([C@@H]2C(=O)N1c1ccc(Cl)cc1)[C@@H]1[C@@H](c2ccc(-c4ccccc4Cl)o2)c2sc(=O)n(Cc4ccccc4)c2S[C@@H]31. The molecule has 2 saturated carbocycles. The number of anilines is 1. The molecule has 0 spiro atoms. The summed E-state index contributed by atoms with van der Waals surface area (Å²) in [5.74, 6) is 0.161. The van der Waals surface area contributed by atoms with Crippen molar-refractivity contribution in [3.05, 3.63) is 127 Å². The Morgan fingerprint density at radius 3 is 2.28 bits per heavy atom. The minimum Gasteiger partial charge on any atom is -0.460 e. The third kappa shape index (κ3) is 4.20. The van der Waals surface area contributed by atoms with Crippen molar-refractivity contribution >= 4 is 63.8 Å². The van der Waals surface area contributed by atoms with E-state index in [1.807, 2.05) is 71.3 Å². The summed E-state index contributed by atoms with van der Waals surface area (Å²) in [5, 5.41) is 2.14. The van der Waals surface area contributed by atoms with E-state index in [4.69, 9.17) is 27.6 Å². The topological polar surface area (TPSA) is 72.5 Å². The number of halogens is 2. The summed E-state index contributed by atoms with van der Waals surface area (Å²) >= 11 is 15.7. The van der Waals surface area contributed by atoms with E-state index in [1.54, 1.807) is 36.0 Å². The Kier molecular flexibility index (Phi) is 6.69. The highest BCUT2D eigenvalue weighted by Crippen LogP contribution is 2.69. The lowest BCUT2D eigenvalue weighted by Crippen LogP contribution is -2.43. The zero-order valence-corrected chi connectivity index (χ0v) is 27.4. The van der Waals surface area contributed by atoms with E-state index in [9.17, 15) is 14.4 Å². The second-order valence-corrected chi connectivity index (χ2v) is 15.5. The van der Waals surface area contributed by atoms with Crippen LogP contribution in [0.25, 0.3) is 11.3 Å². The number of aromatic nitrogens is 1. The summed E-state index contributed by atoms with van der Waals surface area (Å²) < 4.78 is 8.50. The van der Waals surface area contributed by atoms with Crippen LogP contribution < -0.4 is 9.77 Å². The first kappa shape index (κ1) is 28.6. The highest BCUT2D eigenvalue weighted by molar-refractivity contribution is 8.00. The van der Waals surface area contributed by atoms with E-state index >= 15 is 0 Å². The summed E-state index contributed by atoms with van der Waals surface area (Å²) in [6.45, 7) is 0.466. The molecule has 2 bridgehead atoms. The number of carbonyl (C=O) groups excluding carboxylic acids is 2. The number of fused-ring (bicyclic) bond motifs is 9. The van der Waals surface area contributed by atoms with Crippen molar-refractivity contribution in [3.63, 3.8) is 0 Å². The molecule has 2 aromatic heterocycles. The van der Waals surface area contributed by atoms with Gasteiger partial charge in [-0.15, -0.1) is 11.8 Å². The number of thiazole rings is 1. The molecule has 3 fully saturated rings. The Bertz CT molecular complexity index is 2090. The zero-order valence-electron chi connectivity index (χ0n) is 24.2. The lowest BCUT2D eigenvalue weighted by molar-refractivity contribution is -0.123. The molecule has 3 aromatic carbocycles. The first-order chi connectivity index (χ1) is 22.4. The van der Waals surface area contributed by atoms with Crippen LogP contribution in [0.15, 0.2) is 105 Å². The number of furan rings is 1. The van der Waals surface area contributed by atoms with E-state index in [0.29, 0.717) is 28.0 Å². The van der Waals surface area contributed by atoms with Gasteiger partial charge in [-0.3, -0.25) is 23.9 Å². The average Bonchev–Trinajstić information content (AvgIpc) is 3.87. The van der Waals surface area contributed by atoms with Gasteiger partial charge in [0.2, 0.25) is 11.8 Å². The first-order valence-electron chi connectivity index (χ1n) is 15.3. The van der Waals surface area contributed by atoms with Crippen LogP contribution in [0.1, 0.15) is 28.5 Å². The predicted molar refractivity (Wildman–Crippen MR) is 181 cm³/mol. The molecule has 0 N–H and O–H groups in total. The average molecular weight is 686 g/mol. The largest absolute Gasteiger partial charge is 0.460 e. The molecular weight excluding hydrogens is 659 g/mol. The molecule has 9 rings (SSSR count).